The second-order valence-electron chi connectivity index (χ2n) is 7.39. The number of carboxylic acid groups (broad SMARTS) is 1. The van der Waals surface area contributed by atoms with Crippen molar-refractivity contribution in [2.75, 3.05) is 0 Å². The van der Waals surface area contributed by atoms with Crippen molar-refractivity contribution in [3.63, 3.8) is 0 Å². The molecule has 1 aromatic rings. The zero-order valence-electron chi connectivity index (χ0n) is 14.0. The van der Waals surface area contributed by atoms with Crippen LogP contribution in [0.1, 0.15) is 63.5 Å². The molecule has 2 atom stereocenters. The van der Waals surface area contributed by atoms with Gasteiger partial charge in [0.25, 0.3) is 0 Å². The smallest absolute Gasteiger partial charge is 0.304 e. The van der Waals surface area contributed by atoms with Gasteiger partial charge < -0.3 is 10.0 Å². The molecule has 1 saturated heterocycles. The maximum absolute atomic E-state index is 13.3. The van der Waals surface area contributed by atoms with Gasteiger partial charge in [-0.3, -0.25) is 9.59 Å². The van der Waals surface area contributed by atoms with E-state index < -0.39 is 11.4 Å². The Bertz CT molecular complexity index is 624. The maximum Gasteiger partial charge on any atom is 0.304 e. The normalized spacial score (nSPS) is 28.3. The van der Waals surface area contributed by atoms with Crippen LogP contribution in [0.3, 0.4) is 0 Å². The lowest BCUT2D eigenvalue weighted by molar-refractivity contribution is -0.159. The quantitative estimate of drug-likeness (QED) is 0.874. The van der Waals surface area contributed by atoms with Gasteiger partial charge in [-0.25, -0.2) is 0 Å². The molecular weight excluding hydrogens is 326 g/mol. The number of halogens is 1. The average Bonchev–Trinajstić information content (AvgIpc) is 3.04. The molecule has 0 bridgehead atoms. The molecule has 1 amide bonds. The summed E-state index contributed by atoms with van der Waals surface area (Å²) in [5, 5.41) is 9.91. The number of nitrogens with zero attached hydrogens (tertiary/aromatic N) is 1. The molecule has 1 aliphatic heterocycles. The second-order valence-corrected chi connectivity index (χ2v) is 7.82. The highest BCUT2D eigenvalue weighted by atomic mass is 35.5. The molecule has 0 aromatic heterocycles. The van der Waals surface area contributed by atoms with Gasteiger partial charge in [-0.2, -0.15) is 0 Å². The van der Waals surface area contributed by atoms with E-state index in [0.29, 0.717) is 11.4 Å². The first kappa shape index (κ1) is 17.3. The summed E-state index contributed by atoms with van der Waals surface area (Å²) >= 11 is 6.00. The number of benzene rings is 1. The third kappa shape index (κ3) is 3.30. The Balaban J connectivity index is 1.93. The molecular formula is C19H24ClNO3. The molecule has 3 rings (SSSR count). The van der Waals surface area contributed by atoms with Crippen molar-refractivity contribution in [3.05, 3.63) is 34.9 Å². The first-order valence-corrected chi connectivity index (χ1v) is 9.08. The van der Waals surface area contributed by atoms with E-state index in [2.05, 4.69) is 0 Å². The van der Waals surface area contributed by atoms with Gasteiger partial charge in [0.05, 0.1) is 17.9 Å². The summed E-state index contributed by atoms with van der Waals surface area (Å²) in [5.74, 6) is -0.898. The molecule has 2 aliphatic rings. The van der Waals surface area contributed by atoms with Crippen molar-refractivity contribution in [2.24, 2.45) is 5.41 Å². The number of piperidine rings is 1. The minimum Gasteiger partial charge on any atom is -0.481 e. The number of carbonyl (C=O) groups is 2. The minimum absolute atomic E-state index is 0.00278. The Labute approximate surface area is 147 Å². The van der Waals surface area contributed by atoms with Gasteiger partial charge in [-0.15, -0.1) is 0 Å². The van der Waals surface area contributed by atoms with Crippen LogP contribution in [0.15, 0.2) is 24.3 Å². The molecule has 1 saturated carbocycles. The van der Waals surface area contributed by atoms with Crippen LogP contribution in [-0.2, 0) is 9.59 Å². The summed E-state index contributed by atoms with van der Waals surface area (Å²) in [6, 6.07) is 7.95. The molecule has 0 spiro atoms. The molecule has 2 fully saturated rings. The highest BCUT2D eigenvalue weighted by Crippen LogP contribution is 2.45. The fourth-order valence-electron chi connectivity index (χ4n) is 4.27. The highest BCUT2D eigenvalue weighted by Gasteiger charge is 2.48. The highest BCUT2D eigenvalue weighted by molar-refractivity contribution is 6.30. The van der Waals surface area contributed by atoms with Gasteiger partial charge in [-0.1, -0.05) is 43.5 Å². The van der Waals surface area contributed by atoms with Crippen LogP contribution in [-0.4, -0.2) is 27.9 Å². The van der Waals surface area contributed by atoms with Gasteiger partial charge in [-0.05, 0) is 43.4 Å². The summed E-state index contributed by atoms with van der Waals surface area (Å²) < 4.78 is 0. The Morgan fingerprint density at radius 1 is 1.25 bits per heavy atom. The zero-order chi connectivity index (χ0) is 17.3. The van der Waals surface area contributed by atoms with E-state index in [-0.39, 0.29) is 24.4 Å². The third-order valence-electron chi connectivity index (χ3n) is 5.57. The fourth-order valence-corrected chi connectivity index (χ4v) is 4.39. The number of likely N-dealkylation sites (tertiary alicyclic amines) is 1. The van der Waals surface area contributed by atoms with E-state index >= 15 is 0 Å². The zero-order valence-corrected chi connectivity index (χ0v) is 14.8. The molecule has 130 valence electrons. The average molecular weight is 350 g/mol. The van der Waals surface area contributed by atoms with Gasteiger partial charge in [0, 0.05) is 11.1 Å². The Morgan fingerprint density at radius 2 is 1.88 bits per heavy atom. The Morgan fingerprint density at radius 3 is 2.46 bits per heavy atom. The predicted molar refractivity (Wildman–Crippen MR) is 92.9 cm³/mol. The van der Waals surface area contributed by atoms with Crippen LogP contribution in [0.2, 0.25) is 5.02 Å². The van der Waals surface area contributed by atoms with Crippen molar-refractivity contribution >= 4 is 23.5 Å². The molecule has 0 radical (unpaired) electrons. The van der Waals surface area contributed by atoms with E-state index in [1.165, 1.54) is 0 Å². The van der Waals surface area contributed by atoms with Gasteiger partial charge in [0.1, 0.15) is 0 Å². The number of hydrogen-bond acceptors (Lipinski definition) is 2. The SMILES string of the molecule is CC1(CC(=O)O)CCC(c2ccc(Cl)cc2)N(C2CCCC2)C1=O. The number of carbonyl (C=O) groups excluding carboxylic acids is 1. The number of rotatable bonds is 4. The minimum atomic E-state index is -0.901. The lowest BCUT2D eigenvalue weighted by Gasteiger charge is -2.47. The predicted octanol–water partition coefficient (Wildman–Crippen LogP) is 4.43. The maximum atomic E-state index is 13.3. The van der Waals surface area contributed by atoms with E-state index in [1.54, 1.807) is 0 Å². The molecule has 1 aromatic carbocycles. The summed E-state index contributed by atoms with van der Waals surface area (Å²) in [4.78, 5) is 26.5. The number of hydrogen-bond donors (Lipinski definition) is 1. The van der Waals surface area contributed by atoms with Gasteiger partial charge in [0.15, 0.2) is 0 Å². The standard InChI is InChI=1S/C19H24ClNO3/c1-19(12-17(22)23)11-10-16(13-6-8-14(20)9-7-13)21(18(19)24)15-4-2-3-5-15/h6-9,15-16H,2-5,10-12H2,1H3,(H,22,23). The van der Waals surface area contributed by atoms with Crippen molar-refractivity contribution < 1.29 is 14.7 Å². The largest absolute Gasteiger partial charge is 0.481 e. The second kappa shape index (κ2) is 6.75. The lowest BCUT2D eigenvalue weighted by Crippen LogP contribution is -2.53. The molecule has 4 nitrogen and oxygen atoms in total. The Kier molecular flexibility index (Phi) is 4.86. The van der Waals surface area contributed by atoms with E-state index in [9.17, 15) is 14.7 Å². The summed E-state index contributed by atoms with van der Waals surface area (Å²) in [7, 11) is 0. The lowest BCUT2D eigenvalue weighted by atomic mass is 9.74. The topological polar surface area (TPSA) is 57.6 Å². The third-order valence-corrected chi connectivity index (χ3v) is 5.82. The first-order chi connectivity index (χ1) is 11.4. The van der Waals surface area contributed by atoms with Crippen LogP contribution in [0.4, 0.5) is 0 Å². The van der Waals surface area contributed by atoms with Crippen LogP contribution in [0, 0.1) is 5.41 Å². The summed E-state index contributed by atoms with van der Waals surface area (Å²) in [6.07, 6.45) is 5.61. The molecule has 1 N–H and O–H groups in total. The fraction of sp³-hybridized carbons (Fsp3) is 0.579. The van der Waals surface area contributed by atoms with Crippen LogP contribution in [0.25, 0.3) is 0 Å². The monoisotopic (exact) mass is 349 g/mol. The van der Waals surface area contributed by atoms with Crippen molar-refractivity contribution in [1.29, 1.82) is 0 Å². The van der Waals surface area contributed by atoms with Crippen LogP contribution in [0.5, 0.6) is 0 Å². The molecule has 24 heavy (non-hydrogen) atoms. The molecule has 2 unspecified atom stereocenters. The number of amides is 1. The number of carboxylic acids is 1. The summed E-state index contributed by atoms with van der Waals surface area (Å²) in [6.45, 7) is 1.81. The van der Waals surface area contributed by atoms with Crippen LogP contribution < -0.4 is 0 Å². The molecule has 1 heterocycles. The van der Waals surface area contributed by atoms with Crippen molar-refractivity contribution in [3.8, 4) is 0 Å². The molecule has 1 aliphatic carbocycles. The van der Waals surface area contributed by atoms with E-state index in [0.717, 1.165) is 37.7 Å². The van der Waals surface area contributed by atoms with Crippen LogP contribution >= 0.6 is 11.6 Å². The van der Waals surface area contributed by atoms with Crippen molar-refractivity contribution in [1.82, 2.24) is 4.90 Å². The van der Waals surface area contributed by atoms with Crippen molar-refractivity contribution in [2.45, 2.75) is 64.0 Å². The number of aliphatic carboxylic acids is 1. The van der Waals surface area contributed by atoms with Gasteiger partial charge >= 0.3 is 5.97 Å². The molecule has 5 heteroatoms. The van der Waals surface area contributed by atoms with E-state index in [4.69, 9.17) is 11.6 Å². The first-order valence-electron chi connectivity index (χ1n) is 8.71. The summed E-state index contributed by atoms with van der Waals surface area (Å²) in [5.41, 5.74) is 0.300. The Hall–Kier alpha value is -1.55. The van der Waals surface area contributed by atoms with E-state index in [1.807, 2.05) is 36.1 Å². The van der Waals surface area contributed by atoms with Gasteiger partial charge in [0.2, 0.25) is 5.91 Å².